The van der Waals surface area contributed by atoms with E-state index in [1.54, 1.807) is 4.90 Å². The van der Waals surface area contributed by atoms with Gasteiger partial charge in [-0.2, -0.15) is 0 Å². The molecule has 3 rings (SSSR count). The van der Waals surface area contributed by atoms with Gasteiger partial charge in [-0.15, -0.1) is 0 Å². The highest BCUT2D eigenvalue weighted by molar-refractivity contribution is 8.13. The molecule has 0 N–H and O–H groups in total. The summed E-state index contributed by atoms with van der Waals surface area (Å²) in [4.78, 5) is 14.2. The van der Waals surface area contributed by atoms with E-state index in [0.717, 1.165) is 24.8 Å². The minimum atomic E-state index is -3.67. The maximum absolute atomic E-state index is 12.6. The van der Waals surface area contributed by atoms with E-state index in [-0.39, 0.29) is 18.4 Å². The van der Waals surface area contributed by atoms with Crippen molar-refractivity contribution in [1.29, 1.82) is 0 Å². The number of benzene rings is 1. The highest BCUT2D eigenvalue weighted by Gasteiger charge is 2.53. The summed E-state index contributed by atoms with van der Waals surface area (Å²) in [5, 5.41) is 0. The van der Waals surface area contributed by atoms with Crippen LogP contribution in [0.15, 0.2) is 30.3 Å². The number of hydrogen-bond acceptors (Lipinski definition) is 4. The lowest BCUT2D eigenvalue weighted by molar-refractivity contribution is 0.0124. The van der Waals surface area contributed by atoms with E-state index in [4.69, 9.17) is 15.4 Å². The first-order valence-corrected chi connectivity index (χ1v) is 10.3. The predicted molar refractivity (Wildman–Crippen MR) is 87.7 cm³/mol. The minimum Gasteiger partial charge on any atom is -0.445 e. The Balaban J connectivity index is 1.72. The fourth-order valence-electron chi connectivity index (χ4n) is 3.21. The SMILES string of the molecule is O=C(OCc1ccccc1)N(C1CC1)C1(CS(=O)(=O)Cl)CCC1. The average molecular weight is 358 g/mol. The van der Waals surface area contributed by atoms with Crippen LogP contribution in [0.4, 0.5) is 4.79 Å². The monoisotopic (exact) mass is 357 g/mol. The summed E-state index contributed by atoms with van der Waals surface area (Å²) in [5.74, 6) is -0.196. The molecule has 0 bridgehead atoms. The predicted octanol–water partition coefficient (Wildman–Crippen LogP) is 3.28. The zero-order valence-corrected chi connectivity index (χ0v) is 14.4. The third kappa shape index (κ3) is 3.98. The molecule has 0 unspecified atom stereocenters. The summed E-state index contributed by atoms with van der Waals surface area (Å²) in [6.07, 6.45) is 3.58. The lowest BCUT2D eigenvalue weighted by atomic mass is 9.77. The number of ether oxygens (including phenoxy) is 1. The van der Waals surface area contributed by atoms with Crippen LogP contribution in [0.2, 0.25) is 0 Å². The molecule has 2 saturated carbocycles. The Hall–Kier alpha value is -1.27. The fraction of sp³-hybridized carbons (Fsp3) is 0.562. The number of carbonyl (C=O) groups excluding carboxylic acids is 1. The van der Waals surface area contributed by atoms with Crippen LogP contribution in [0.5, 0.6) is 0 Å². The maximum Gasteiger partial charge on any atom is 0.410 e. The highest BCUT2D eigenvalue weighted by Crippen LogP contribution is 2.45. The van der Waals surface area contributed by atoms with Crippen LogP contribution < -0.4 is 0 Å². The Morgan fingerprint density at radius 2 is 1.91 bits per heavy atom. The molecule has 2 fully saturated rings. The van der Waals surface area contributed by atoms with Gasteiger partial charge in [0.1, 0.15) is 6.61 Å². The number of hydrogen-bond donors (Lipinski definition) is 0. The molecule has 0 heterocycles. The van der Waals surface area contributed by atoms with Crippen LogP contribution >= 0.6 is 10.7 Å². The Labute approximate surface area is 141 Å². The molecule has 0 radical (unpaired) electrons. The number of rotatable bonds is 6. The second-order valence-corrected chi connectivity index (χ2v) is 9.18. The van der Waals surface area contributed by atoms with Crippen molar-refractivity contribution in [2.24, 2.45) is 0 Å². The molecule has 0 saturated heterocycles. The van der Waals surface area contributed by atoms with Gasteiger partial charge in [-0.3, -0.25) is 4.90 Å². The fourth-order valence-corrected chi connectivity index (χ4v) is 4.89. The Morgan fingerprint density at radius 3 is 2.39 bits per heavy atom. The molecule has 1 aromatic carbocycles. The molecular formula is C16H20ClNO4S. The molecule has 1 amide bonds. The van der Waals surface area contributed by atoms with Crippen molar-refractivity contribution in [3.8, 4) is 0 Å². The van der Waals surface area contributed by atoms with E-state index < -0.39 is 20.7 Å². The van der Waals surface area contributed by atoms with Gasteiger partial charge < -0.3 is 4.74 Å². The van der Waals surface area contributed by atoms with E-state index in [9.17, 15) is 13.2 Å². The molecule has 7 heteroatoms. The van der Waals surface area contributed by atoms with Crippen LogP contribution in [0.3, 0.4) is 0 Å². The minimum absolute atomic E-state index is 0.0805. The molecule has 0 spiro atoms. The van der Waals surface area contributed by atoms with Crippen molar-refractivity contribution in [3.05, 3.63) is 35.9 Å². The van der Waals surface area contributed by atoms with Gasteiger partial charge in [0.05, 0.1) is 11.3 Å². The topological polar surface area (TPSA) is 63.7 Å². The van der Waals surface area contributed by atoms with E-state index in [1.165, 1.54) is 0 Å². The smallest absolute Gasteiger partial charge is 0.410 e. The number of halogens is 1. The van der Waals surface area contributed by atoms with Gasteiger partial charge in [-0.05, 0) is 37.7 Å². The zero-order valence-electron chi connectivity index (χ0n) is 12.8. The molecule has 126 valence electrons. The van der Waals surface area contributed by atoms with Crippen LogP contribution in [0.25, 0.3) is 0 Å². The maximum atomic E-state index is 12.6. The molecule has 0 aromatic heterocycles. The summed E-state index contributed by atoms with van der Waals surface area (Å²) in [6.45, 7) is 0.187. The van der Waals surface area contributed by atoms with E-state index in [1.807, 2.05) is 30.3 Å². The molecule has 0 atom stereocenters. The van der Waals surface area contributed by atoms with Crippen molar-refractivity contribution >= 4 is 25.8 Å². The number of amides is 1. The van der Waals surface area contributed by atoms with E-state index >= 15 is 0 Å². The second-order valence-electron chi connectivity index (χ2n) is 6.40. The summed E-state index contributed by atoms with van der Waals surface area (Å²) >= 11 is 0. The molecule has 5 nitrogen and oxygen atoms in total. The summed E-state index contributed by atoms with van der Waals surface area (Å²) in [7, 11) is 1.80. The first kappa shape index (κ1) is 16.6. The standard InChI is InChI=1S/C16H20ClNO4S/c17-23(20,21)12-16(9-4-10-16)18(14-7-8-14)15(19)22-11-13-5-2-1-3-6-13/h1-3,5-6,14H,4,7-12H2. The quantitative estimate of drug-likeness (QED) is 0.733. The first-order valence-electron chi connectivity index (χ1n) is 7.82. The summed E-state index contributed by atoms with van der Waals surface area (Å²) < 4.78 is 28.6. The normalized spacial score (nSPS) is 19.7. The van der Waals surface area contributed by atoms with Gasteiger partial charge in [0.2, 0.25) is 9.05 Å². The Morgan fingerprint density at radius 1 is 1.26 bits per heavy atom. The molecule has 2 aliphatic rings. The van der Waals surface area contributed by atoms with Crippen molar-refractivity contribution < 1.29 is 17.9 Å². The molecular weight excluding hydrogens is 338 g/mol. The van der Waals surface area contributed by atoms with Crippen LogP contribution in [-0.2, 0) is 20.4 Å². The van der Waals surface area contributed by atoms with Gasteiger partial charge in [-0.25, -0.2) is 13.2 Å². The lowest BCUT2D eigenvalue weighted by Gasteiger charge is -2.49. The number of carbonyl (C=O) groups is 1. The van der Waals surface area contributed by atoms with Crippen molar-refractivity contribution in [3.63, 3.8) is 0 Å². The van der Waals surface area contributed by atoms with E-state index in [0.29, 0.717) is 12.8 Å². The van der Waals surface area contributed by atoms with Gasteiger partial charge >= 0.3 is 6.09 Å². The van der Waals surface area contributed by atoms with Gasteiger partial charge in [0.15, 0.2) is 0 Å². The summed E-state index contributed by atoms with van der Waals surface area (Å²) in [6, 6.07) is 9.52. The van der Waals surface area contributed by atoms with Crippen LogP contribution in [-0.4, -0.2) is 36.7 Å². The third-order valence-corrected chi connectivity index (χ3v) is 5.76. The largest absolute Gasteiger partial charge is 0.445 e. The highest BCUT2D eigenvalue weighted by atomic mass is 35.7. The van der Waals surface area contributed by atoms with Crippen LogP contribution in [0, 0.1) is 0 Å². The average Bonchev–Trinajstić information content (AvgIpc) is 3.27. The molecule has 23 heavy (non-hydrogen) atoms. The first-order chi connectivity index (χ1) is 10.9. The van der Waals surface area contributed by atoms with Crippen molar-refractivity contribution in [2.45, 2.75) is 50.3 Å². The second kappa shape index (κ2) is 6.32. The molecule has 2 aliphatic carbocycles. The molecule has 0 aliphatic heterocycles. The van der Waals surface area contributed by atoms with Gasteiger partial charge in [0, 0.05) is 16.7 Å². The van der Waals surface area contributed by atoms with Crippen molar-refractivity contribution in [1.82, 2.24) is 4.90 Å². The summed E-state index contributed by atoms with van der Waals surface area (Å²) in [5.41, 5.74) is 0.222. The van der Waals surface area contributed by atoms with Crippen LogP contribution in [0.1, 0.15) is 37.7 Å². The van der Waals surface area contributed by atoms with Crippen molar-refractivity contribution in [2.75, 3.05) is 5.75 Å². The van der Waals surface area contributed by atoms with Gasteiger partial charge in [-0.1, -0.05) is 30.3 Å². The third-order valence-electron chi connectivity index (χ3n) is 4.55. The van der Waals surface area contributed by atoms with E-state index in [2.05, 4.69) is 0 Å². The Bertz CT molecular complexity index is 669. The number of nitrogens with zero attached hydrogens (tertiary/aromatic N) is 1. The van der Waals surface area contributed by atoms with Gasteiger partial charge in [0.25, 0.3) is 0 Å². The Kier molecular flexibility index (Phi) is 4.56. The molecule has 1 aromatic rings. The lowest BCUT2D eigenvalue weighted by Crippen LogP contribution is -2.60. The zero-order chi connectivity index (χ0) is 16.5.